The molecule has 0 radical (unpaired) electrons. The summed E-state index contributed by atoms with van der Waals surface area (Å²) in [7, 11) is 0. The van der Waals surface area contributed by atoms with Crippen LogP contribution in [-0.2, 0) is 17.0 Å². The molecular weight excluding hydrogens is 365 g/mol. The fourth-order valence-corrected chi connectivity index (χ4v) is 3.36. The van der Waals surface area contributed by atoms with Crippen molar-refractivity contribution in [3.8, 4) is 17.1 Å². The number of pyridine rings is 1. The molecule has 4 rings (SSSR count). The Morgan fingerprint density at radius 1 is 1.29 bits per heavy atom. The van der Waals surface area contributed by atoms with Crippen molar-refractivity contribution in [3.05, 3.63) is 65.7 Å². The SMILES string of the molecule is O=C(O)C1CC(O)(c2cc(COc3ccc(-c4ccn[nH]4)nc3)ccc2F)C1. The highest BCUT2D eigenvalue weighted by atomic mass is 19.1. The highest BCUT2D eigenvalue weighted by Crippen LogP contribution is 2.46. The molecule has 0 atom stereocenters. The van der Waals surface area contributed by atoms with Crippen LogP contribution in [0.4, 0.5) is 4.39 Å². The monoisotopic (exact) mass is 383 g/mol. The zero-order valence-electron chi connectivity index (χ0n) is 14.8. The van der Waals surface area contributed by atoms with Crippen LogP contribution >= 0.6 is 0 Å². The molecule has 7 nitrogen and oxygen atoms in total. The van der Waals surface area contributed by atoms with Crippen LogP contribution in [0.5, 0.6) is 5.75 Å². The number of nitrogens with zero attached hydrogens (tertiary/aromatic N) is 2. The molecule has 2 heterocycles. The number of H-pyrrole nitrogens is 1. The van der Waals surface area contributed by atoms with E-state index >= 15 is 0 Å². The lowest BCUT2D eigenvalue weighted by Gasteiger charge is -2.42. The molecule has 1 aliphatic rings. The number of hydrogen-bond acceptors (Lipinski definition) is 5. The number of nitrogens with one attached hydrogen (secondary N) is 1. The van der Waals surface area contributed by atoms with Gasteiger partial charge >= 0.3 is 5.97 Å². The first kappa shape index (κ1) is 18.1. The number of carboxylic acid groups (broad SMARTS) is 1. The van der Waals surface area contributed by atoms with Gasteiger partial charge in [0.2, 0.25) is 0 Å². The summed E-state index contributed by atoms with van der Waals surface area (Å²) in [5, 5.41) is 26.2. The van der Waals surface area contributed by atoms with Crippen molar-refractivity contribution in [2.24, 2.45) is 5.92 Å². The average Bonchev–Trinajstić information content (AvgIpc) is 3.20. The second-order valence-corrected chi connectivity index (χ2v) is 6.93. The molecule has 0 spiro atoms. The van der Waals surface area contributed by atoms with E-state index in [4.69, 9.17) is 9.84 Å². The highest BCUT2D eigenvalue weighted by molar-refractivity contribution is 5.72. The van der Waals surface area contributed by atoms with Gasteiger partial charge in [0.1, 0.15) is 18.2 Å². The van der Waals surface area contributed by atoms with Crippen molar-refractivity contribution in [3.63, 3.8) is 0 Å². The number of aromatic nitrogens is 3. The van der Waals surface area contributed by atoms with Crippen LogP contribution in [0.25, 0.3) is 11.4 Å². The number of ether oxygens (including phenoxy) is 1. The van der Waals surface area contributed by atoms with Crippen molar-refractivity contribution in [1.82, 2.24) is 15.2 Å². The summed E-state index contributed by atoms with van der Waals surface area (Å²) in [5.41, 5.74) is 0.855. The van der Waals surface area contributed by atoms with Crippen molar-refractivity contribution >= 4 is 5.97 Å². The number of carbonyl (C=O) groups is 1. The highest BCUT2D eigenvalue weighted by Gasteiger charge is 2.48. The lowest BCUT2D eigenvalue weighted by atomic mass is 9.67. The molecule has 0 aliphatic heterocycles. The Morgan fingerprint density at radius 2 is 2.11 bits per heavy atom. The molecule has 1 aliphatic carbocycles. The third kappa shape index (κ3) is 3.46. The number of halogens is 1. The fourth-order valence-electron chi connectivity index (χ4n) is 3.36. The summed E-state index contributed by atoms with van der Waals surface area (Å²) in [5.74, 6) is -1.64. The van der Waals surface area contributed by atoms with Crippen LogP contribution in [0.2, 0.25) is 0 Å². The van der Waals surface area contributed by atoms with Crippen molar-refractivity contribution in [2.45, 2.75) is 25.0 Å². The Balaban J connectivity index is 1.44. The van der Waals surface area contributed by atoms with Gasteiger partial charge in [0.05, 0.1) is 29.1 Å². The number of aliphatic hydroxyl groups is 1. The molecule has 3 N–H and O–H groups in total. The first-order valence-corrected chi connectivity index (χ1v) is 8.77. The van der Waals surface area contributed by atoms with Gasteiger partial charge in [-0.1, -0.05) is 6.07 Å². The summed E-state index contributed by atoms with van der Waals surface area (Å²) < 4.78 is 19.9. The minimum Gasteiger partial charge on any atom is -0.487 e. The van der Waals surface area contributed by atoms with Gasteiger partial charge in [0.15, 0.2) is 0 Å². The molecule has 2 aromatic heterocycles. The van der Waals surface area contributed by atoms with E-state index in [0.29, 0.717) is 11.3 Å². The Morgan fingerprint density at radius 3 is 2.75 bits per heavy atom. The number of aromatic amines is 1. The summed E-state index contributed by atoms with van der Waals surface area (Å²) in [6, 6.07) is 9.73. The van der Waals surface area contributed by atoms with E-state index in [1.807, 2.05) is 6.07 Å². The molecule has 8 heteroatoms. The molecule has 0 amide bonds. The minimum absolute atomic E-state index is 0.00253. The van der Waals surface area contributed by atoms with Gasteiger partial charge in [-0.05, 0) is 48.7 Å². The van der Waals surface area contributed by atoms with E-state index in [0.717, 1.165) is 11.4 Å². The van der Waals surface area contributed by atoms with Gasteiger partial charge in [-0.15, -0.1) is 0 Å². The largest absolute Gasteiger partial charge is 0.487 e. The number of aliphatic carboxylic acids is 1. The second kappa shape index (κ2) is 7.05. The second-order valence-electron chi connectivity index (χ2n) is 6.93. The van der Waals surface area contributed by atoms with Crippen LogP contribution < -0.4 is 4.74 Å². The van der Waals surface area contributed by atoms with E-state index in [1.54, 1.807) is 30.6 Å². The van der Waals surface area contributed by atoms with Crippen LogP contribution in [0.15, 0.2) is 48.8 Å². The Hall–Kier alpha value is -3.26. The third-order valence-electron chi connectivity index (χ3n) is 4.97. The molecule has 0 bridgehead atoms. The number of carboxylic acids is 1. The maximum Gasteiger partial charge on any atom is 0.306 e. The third-order valence-corrected chi connectivity index (χ3v) is 4.97. The lowest BCUT2D eigenvalue weighted by molar-refractivity contribution is -0.159. The predicted octanol–water partition coefficient (Wildman–Crippen LogP) is 2.87. The first-order chi connectivity index (χ1) is 13.4. The normalized spacial score (nSPS) is 21.1. The van der Waals surface area contributed by atoms with Crippen LogP contribution in [0.3, 0.4) is 0 Å². The summed E-state index contributed by atoms with van der Waals surface area (Å²) in [4.78, 5) is 15.3. The summed E-state index contributed by atoms with van der Waals surface area (Å²) in [6.07, 6.45) is 3.23. The maximum atomic E-state index is 14.2. The zero-order chi connectivity index (χ0) is 19.7. The molecule has 1 aromatic carbocycles. The molecule has 28 heavy (non-hydrogen) atoms. The maximum absolute atomic E-state index is 14.2. The standard InChI is InChI=1S/C20H18FN3O4/c21-16-3-1-12(7-15(16)20(27)8-13(9-20)19(25)26)11-28-14-2-4-17(22-10-14)18-5-6-23-24-18/h1-7,10,13,27H,8-9,11H2,(H,23,24)(H,25,26). The topological polar surface area (TPSA) is 108 Å². The van der Waals surface area contributed by atoms with E-state index in [-0.39, 0.29) is 25.0 Å². The van der Waals surface area contributed by atoms with E-state index in [1.165, 1.54) is 12.1 Å². The van der Waals surface area contributed by atoms with Gasteiger partial charge < -0.3 is 14.9 Å². The van der Waals surface area contributed by atoms with Gasteiger partial charge in [-0.25, -0.2) is 4.39 Å². The average molecular weight is 383 g/mol. The van der Waals surface area contributed by atoms with Gasteiger partial charge in [0.25, 0.3) is 0 Å². The molecule has 1 fully saturated rings. The molecule has 0 unspecified atom stereocenters. The number of hydrogen-bond donors (Lipinski definition) is 3. The van der Waals surface area contributed by atoms with Crippen molar-refractivity contribution < 1.29 is 24.1 Å². The Bertz CT molecular complexity index is 983. The smallest absolute Gasteiger partial charge is 0.306 e. The fraction of sp³-hybridized carbons (Fsp3) is 0.250. The Kier molecular flexibility index (Phi) is 4.56. The van der Waals surface area contributed by atoms with E-state index in [9.17, 15) is 14.3 Å². The van der Waals surface area contributed by atoms with E-state index < -0.39 is 23.3 Å². The summed E-state index contributed by atoms with van der Waals surface area (Å²) >= 11 is 0. The minimum atomic E-state index is -1.45. The molecule has 0 saturated heterocycles. The van der Waals surface area contributed by atoms with Gasteiger partial charge in [-0.3, -0.25) is 14.9 Å². The Labute approximate surface area is 159 Å². The molecule has 3 aromatic rings. The summed E-state index contributed by atoms with van der Waals surface area (Å²) in [6.45, 7) is 0.163. The van der Waals surface area contributed by atoms with Gasteiger partial charge in [-0.2, -0.15) is 5.10 Å². The van der Waals surface area contributed by atoms with Gasteiger partial charge in [0, 0.05) is 11.8 Å². The predicted molar refractivity (Wildman–Crippen MR) is 96.8 cm³/mol. The van der Waals surface area contributed by atoms with Crippen LogP contribution in [0, 0.1) is 11.7 Å². The van der Waals surface area contributed by atoms with E-state index in [2.05, 4.69) is 15.2 Å². The number of rotatable bonds is 6. The molecular formula is C20H18FN3O4. The first-order valence-electron chi connectivity index (χ1n) is 8.77. The quantitative estimate of drug-likeness (QED) is 0.604. The van der Waals surface area contributed by atoms with Crippen molar-refractivity contribution in [1.29, 1.82) is 0 Å². The van der Waals surface area contributed by atoms with Crippen LogP contribution in [-0.4, -0.2) is 31.4 Å². The van der Waals surface area contributed by atoms with Crippen molar-refractivity contribution in [2.75, 3.05) is 0 Å². The lowest BCUT2D eigenvalue weighted by Crippen LogP contribution is -2.45. The molecule has 144 valence electrons. The zero-order valence-corrected chi connectivity index (χ0v) is 14.8. The van der Waals surface area contributed by atoms with Crippen LogP contribution in [0.1, 0.15) is 24.0 Å². The number of benzene rings is 1. The molecule has 1 saturated carbocycles.